The summed E-state index contributed by atoms with van der Waals surface area (Å²) in [7, 11) is 0. The van der Waals surface area contributed by atoms with Crippen LogP contribution in [0.3, 0.4) is 0 Å². The highest BCUT2D eigenvalue weighted by Crippen LogP contribution is 2.32. The Kier molecular flexibility index (Phi) is 6.64. The predicted molar refractivity (Wildman–Crippen MR) is 119 cm³/mol. The van der Waals surface area contributed by atoms with E-state index in [1.165, 1.54) is 11.3 Å². The Labute approximate surface area is 179 Å². The van der Waals surface area contributed by atoms with Crippen molar-refractivity contribution in [3.8, 4) is 0 Å². The molecule has 154 valence electrons. The summed E-state index contributed by atoms with van der Waals surface area (Å²) in [6.07, 6.45) is 0.0107. The lowest BCUT2D eigenvalue weighted by Crippen LogP contribution is -2.31. The van der Waals surface area contributed by atoms with Gasteiger partial charge in [0, 0.05) is 10.4 Å². The highest BCUT2D eigenvalue weighted by Gasteiger charge is 2.22. The van der Waals surface area contributed by atoms with E-state index in [4.69, 9.17) is 5.73 Å². The Balaban J connectivity index is 1.80. The Morgan fingerprint density at radius 1 is 0.967 bits per heavy atom. The van der Waals surface area contributed by atoms with Gasteiger partial charge in [0.15, 0.2) is 0 Å². The molecule has 3 rings (SSSR count). The summed E-state index contributed by atoms with van der Waals surface area (Å²) in [6.45, 7) is 3.67. The summed E-state index contributed by atoms with van der Waals surface area (Å²) in [5.74, 6) is -1.16. The molecule has 6 nitrogen and oxygen atoms in total. The smallest absolute Gasteiger partial charge is 0.251 e. The second-order valence-corrected chi connectivity index (χ2v) is 8.13. The van der Waals surface area contributed by atoms with E-state index in [0.717, 1.165) is 16.0 Å². The first-order valence-corrected chi connectivity index (χ1v) is 10.3. The van der Waals surface area contributed by atoms with Gasteiger partial charge in [-0.1, -0.05) is 48.5 Å². The highest BCUT2D eigenvalue weighted by atomic mass is 32.1. The molecule has 1 aromatic heterocycles. The average Bonchev–Trinajstić information content (AvgIpc) is 3.01. The van der Waals surface area contributed by atoms with E-state index in [0.29, 0.717) is 16.1 Å². The van der Waals surface area contributed by atoms with E-state index >= 15 is 0 Å². The molecule has 1 unspecified atom stereocenters. The molecule has 0 saturated carbocycles. The van der Waals surface area contributed by atoms with Crippen LogP contribution in [0, 0.1) is 13.8 Å². The van der Waals surface area contributed by atoms with Crippen LogP contribution in [-0.4, -0.2) is 17.7 Å². The predicted octanol–water partition coefficient (Wildman–Crippen LogP) is 3.96. The van der Waals surface area contributed by atoms with Crippen molar-refractivity contribution in [1.82, 2.24) is 5.32 Å². The Bertz CT molecular complexity index is 1060. The first-order valence-electron chi connectivity index (χ1n) is 9.47. The maximum atomic E-state index is 12.8. The first-order chi connectivity index (χ1) is 14.4. The molecule has 0 bridgehead atoms. The zero-order valence-corrected chi connectivity index (χ0v) is 17.6. The lowest BCUT2D eigenvalue weighted by molar-refractivity contribution is -0.116. The normalized spacial score (nSPS) is 11.5. The van der Waals surface area contributed by atoms with Crippen molar-refractivity contribution in [2.45, 2.75) is 26.3 Å². The van der Waals surface area contributed by atoms with Crippen LogP contribution >= 0.6 is 11.3 Å². The molecular formula is C23H23N3O3S. The third kappa shape index (κ3) is 4.93. The SMILES string of the molecule is Cc1sc(NC(=O)CC(NC(=O)c2ccccc2)c2ccccc2)c(C(N)=O)c1C. The van der Waals surface area contributed by atoms with Gasteiger partial charge >= 0.3 is 0 Å². The van der Waals surface area contributed by atoms with Crippen molar-refractivity contribution in [1.29, 1.82) is 0 Å². The summed E-state index contributed by atoms with van der Waals surface area (Å²) in [5, 5.41) is 6.16. The molecule has 0 aliphatic heterocycles. The van der Waals surface area contributed by atoms with Crippen molar-refractivity contribution < 1.29 is 14.4 Å². The largest absolute Gasteiger partial charge is 0.365 e. The van der Waals surface area contributed by atoms with Crippen LogP contribution in [0.15, 0.2) is 60.7 Å². The van der Waals surface area contributed by atoms with Gasteiger partial charge < -0.3 is 16.4 Å². The molecule has 7 heteroatoms. The second-order valence-electron chi connectivity index (χ2n) is 6.91. The Morgan fingerprint density at radius 2 is 1.57 bits per heavy atom. The van der Waals surface area contributed by atoms with Crippen molar-refractivity contribution in [3.05, 3.63) is 87.8 Å². The van der Waals surface area contributed by atoms with E-state index < -0.39 is 11.9 Å². The average molecular weight is 422 g/mol. The van der Waals surface area contributed by atoms with Crippen LogP contribution in [0.2, 0.25) is 0 Å². The van der Waals surface area contributed by atoms with Crippen LogP contribution in [-0.2, 0) is 4.79 Å². The van der Waals surface area contributed by atoms with Gasteiger partial charge in [0.1, 0.15) is 5.00 Å². The molecule has 0 fully saturated rings. The number of thiophene rings is 1. The fourth-order valence-electron chi connectivity index (χ4n) is 3.14. The molecule has 1 atom stereocenters. The number of carbonyl (C=O) groups is 3. The number of rotatable bonds is 7. The minimum Gasteiger partial charge on any atom is -0.365 e. The quantitative estimate of drug-likeness (QED) is 0.538. The zero-order valence-electron chi connectivity index (χ0n) is 16.8. The minimum atomic E-state index is -0.580. The molecule has 30 heavy (non-hydrogen) atoms. The molecule has 0 aliphatic carbocycles. The van der Waals surface area contributed by atoms with Crippen molar-refractivity contribution in [2.24, 2.45) is 5.73 Å². The summed E-state index contributed by atoms with van der Waals surface area (Å²) in [6, 6.07) is 17.6. The fraction of sp³-hybridized carbons (Fsp3) is 0.174. The molecule has 3 amide bonds. The van der Waals surface area contributed by atoms with Gasteiger partial charge in [-0.25, -0.2) is 0 Å². The van der Waals surface area contributed by atoms with Crippen molar-refractivity contribution in [2.75, 3.05) is 5.32 Å². The third-order valence-electron chi connectivity index (χ3n) is 4.82. The number of hydrogen-bond donors (Lipinski definition) is 3. The second kappa shape index (κ2) is 9.37. The van der Waals surface area contributed by atoms with Gasteiger partial charge in [-0.05, 0) is 37.1 Å². The maximum Gasteiger partial charge on any atom is 0.251 e. The molecule has 1 heterocycles. The van der Waals surface area contributed by atoms with E-state index in [-0.39, 0.29) is 18.2 Å². The Hall–Kier alpha value is -3.45. The monoisotopic (exact) mass is 421 g/mol. The zero-order chi connectivity index (χ0) is 21.7. The van der Waals surface area contributed by atoms with Crippen molar-refractivity contribution >= 4 is 34.1 Å². The maximum absolute atomic E-state index is 12.8. The van der Waals surface area contributed by atoms with Crippen LogP contribution in [0.1, 0.15) is 49.2 Å². The molecule has 0 radical (unpaired) electrons. The number of aryl methyl sites for hydroxylation is 1. The number of nitrogens with two attached hydrogens (primary N) is 1. The molecule has 0 saturated heterocycles. The fourth-order valence-corrected chi connectivity index (χ4v) is 4.23. The number of amides is 3. The van der Waals surface area contributed by atoms with E-state index in [1.807, 2.05) is 43.3 Å². The summed E-state index contributed by atoms with van der Waals surface area (Å²) >= 11 is 1.31. The number of benzene rings is 2. The Morgan fingerprint density at radius 3 is 2.17 bits per heavy atom. The summed E-state index contributed by atoms with van der Waals surface area (Å²) in [5.41, 5.74) is 7.90. The first kappa shape index (κ1) is 21.3. The third-order valence-corrected chi connectivity index (χ3v) is 5.94. The lowest BCUT2D eigenvalue weighted by atomic mass is 10.0. The molecule has 3 aromatic rings. The summed E-state index contributed by atoms with van der Waals surface area (Å²) in [4.78, 5) is 38.2. The van der Waals surface area contributed by atoms with Gasteiger partial charge in [0.2, 0.25) is 5.91 Å². The van der Waals surface area contributed by atoms with Crippen LogP contribution in [0.25, 0.3) is 0 Å². The molecular weight excluding hydrogens is 398 g/mol. The van der Waals surface area contributed by atoms with Gasteiger partial charge in [0.25, 0.3) is 11.8 Å². The molecule has 4 N–H and O–H groups in total. The van der Waals surface area contributed by atoms with E-state index in [2.05, 4.69) is 10.6 Å². The van der Waals surface area contributed by atoms with Crippen LogP contribution in [0.5, 0.6) is 0 Å². The molecule has 0 aliphatic rings. The minimum absolute atomic E-state index is 0.0107. The lowest BCUT2D eigenvalue weighted by Gasteiger charge is -2.19. The van der Waals surface area contributed by atoms with E-state index in [9.17, 15) is 14.4 Å². The number of hydrogen-bond acceptors (Lipinski definition) is 4. The number of primary amides is 1. The van der Waals surface area contributed by atoms with Crippen molar-refractivity contribution in [3.63, 3.8) is 0 Å². The van der Waals surface area contributed by atoms with Crippen LogP contribution < -0.4 is 16.4 Å². The van der Waals surface area contributed by atoms with Gasteiger partial charge in [0.05, 0.1) is 18.0 Å². The van der Waals surface area contributed by atoms with Gasteiger partial charge in [-0.15, -0.1) is 11.3 Å². The molecule has 0 spiro atoms. The topological polar surface area (TPSA) is 101 Å². The number of anilines is 1. The summed E-state index contributed by atoms with van der Waals surface area (Å²) < 4.78 is 0. The molecule has 2 aromatic carbocycles. The number of nitrogens with one attached hydrogen (secondary N) is 2. The number of carbonyl (C=O) groups excluding carboxylic acids is 3. The van der Waals surface area contributed by atoms with E-state index in [1.54, 1.807) is 31.2 Å². The van der Waals surface area contributed by atoms with Gasteiger partial charge in [-0.3, -0.25) is 14.4 Å². The standard InChI is InChI=1S/C23H23N3O3S/c1-14-15(2)30-23(20(14)21(24)28)26-19(27)13-18(16-9-5-3-6-10-16)25-22(29)17-11-7-4-8-12-17/h3-12,18H,13H2,1-2H3,(H2,24,28)(H,25,29)(H,26,27). The van der Waals surface area contributed by atoms with Gasteiger partial charge in [-0.2, -0.15) is 0 Å². The highest BCUT2D eigenvalue weighted by molar-refractivity contribution is 7.16. The van der Waals surface area contributed by atoms with Crippen LogP contribution in [0.4, 0.5) is 5.00 Å².